The Bertz CT molecular complexity index is 381. The Morgan fingerprint density at radius 2 is 2.15 bits per heavy atom. The lowest BCUT2D eigenvalue weighted by Gasteiger charge is -2.23. The summed E-state index contributed by atoms with van der Waals surface area (Å²) in [4.78, 5) is 11.7. The van der Waals surface area contributed by atoms with Crippen LogP contribution in [0.15, 0.2) is 30.3 Å². The van der Waals surface area contributed by atoms with Crippen molar-refractivity contribution in [2.24, 2.45) is 0 Å². The maximum absolute atomic E-state index is 11.7. The van der Waals surface area contributed by atoms with Crippen molar-refractivity contribution in [3.8, 4) is 0 Å². The Hall–Kier alpha value is -1.10. The van der Waals surface area contributed by atoms with Crippen molar-refractivity contribution in [1.29, 1.82) is 0 Å². The minimum atomic E-state index is -0.0123. The van der Waals surface area contributed by atoms with E-state index in [4.69, 9.17) is 4.74 Å². The molecule has 1 aliphatic heterocycles. The number of carbonyl (C=O) groups is 1. The number of piperidine rings is 1. The summed E-state index contributed by atoms with van der Waals surface area (Å²) < 4.78 is 5.41. The monoisotopic (exact) mass is 298 g/mol. The Morgan fingerprint density at radius 3 is 2.85 bits per heavy atom. The second kappa shape index (κ2) is 9.75. The fourth-order valence-corrected chi connectivity index (χ4v) is 2.24. The first-order valence-electron chi connectivity index (χ1n) is 6.96. The van der Waals surface area contributed by atoms with Crippen molar-refractivity contribution < 1.29 is 9.53 Å². The van der Waals surface area contributed by atoms with Crippen LogP contribution in [0.2, 0.25) is 0 Å². The predicted octanol–water partition coefficient (Wildman–Crippen LogP) is 1.54. The zero-order valence-electron chi connectivity index (χ0n) is 11.6. The highest BCUT2D eigenvalue weighted by Crippen LogP contribution is 2.01. The van der Waals surface area contributed by atoms with Gasteiger partial charge >= 0.3 is 0 Å². The van der Waals surface area contributed by atoms with Gasteiger partial charge in [0.2, 0.25) is 5.91 Å². The Balaban J connectivity index is 0.00000200. The first-order valence-corrected chi connectivity index (χ1v) is 6.96. The number of amides is 1. The molecule has 1 atom stereocenters. The van der Waals surface area contributed by atoms with Gasteiger partial charge in [-0.15, -0.1) is 12.4 Å². The number of rotatable bonds is 6. The van der Waals surface area contributed by atoms with Gasteiger partial charge in [0.05, 0.1) is 6.61 Å². The molecule has 1 aromatic carbocycles. The summed E-state index contributed by atoms with van der Waals surface area (Å²) in [5.74, 6) is -0.0123. The van der Waals surface area contributed by atoms with E-state index < -0.39 is 0 Å². The molecule has 0 saturated carbocycles. The minimum Gasteiger partial charge on any atom is -0.371 e. The van der Waals surface area contributed by atoms with Crippen LogP contribution >= 0.6 is 12.4 Å². The first kappa shape index (κ1) is 17.0. The molecule has 112 valence electrons. The van der Waals surface area contributed by atoms with Crippen LogP contribution < -0.4 is 10.6 Å². The molecule has 1 aromatic rings. The van der Waals surface area contributed by atoms with Crippen LogP contribution in [0.4, 0.5) is 0 Å². The number of halogens is 1. The molecule has 1 amide bonds. The molecule has 1 saturated heterocycles. The third kappa shape index (κ3) is 6.37. The van der Waals surface area contributed by atoms with Crippen molar-refractivity contribution in [1.82, 2.24) is 10.6 Å². The lowest BCUT2D eigenvalue weighted by Crippen LogP contribution is -2.46. The van der Waals surface area contributed by atoms with E-state index in [-0.39, 0.29) is 31.0 Å². The van der Waals surface area contributed by atoms with Gasteiger partial charge in [-0.2, -0.15) is 0 Å². The second-order valence-electron chi connectivity index (χ2n) is 4.90. The first-order chi connectivity index (χ1) is 9.34. The van der Waals surface area contributed by atoms with E-state index in [9.17, 15) is 4.79 Å². The molecule has 5 heteroatoms. The largest absolute Gasteiger partial charge is 0.371 e. The molecule has 2 N–H and O–H groups in total. The van der Waals surface area contributed by atoms with Crippen molar-refractivity contribution in [2.45, 2.75) is 25.3 Å². The van der Waals surface area contributed by atoms with Crippen LogP contribution in [-0.2, 0) is 16.0 Å². The third-order valence-corrected chi connectivity index (χ3v) is 3.27. The molecule has 0 spiro atoms. The second-order valence-corrected chi connectivity index (χ2v) is 4.90. The van der Waals surface area contributed by atoms with Gasteiger partial charge < -0.3 is 15.4 Å². The summed E-state index contributed by atoms with van der Waals surface area (Å²) in [5.41, 5.74) is 1.24. The minimum absolute atomic E-state index is 0. The SMILES string of the molecule is Cl.O=C(COCCc1ccccc1)N[C@H]1CCCNC1. The maximum atomic E-state index is 11.7. The zero-order valence-corrected chi connectivity index (χ0v) is 12.5. The van der Waals surface area contributed by atoms with Crippen molar-refractivity contribution >= 4 is 18.3 Å². The molecule has 0 bridgehead atoms. The maximum Gasteiger partial charge on any atom is 0.246 e. The van der Waals surface area contributed by atoms with E-state index in [1.165, 1.54) is 5.56 Å². The highest BCUT2D eigenvalue weighted by atomic mass is 35.5. The number of ether oxygens (including phenoxy) is 1. The van der Waals surface area contributed by atoms with Gasteiger partial charge in [-0.1, -0.05) is 30.3 Å². The average molecular weight is 299 g/mol. The van der Waals surface area contributed by atoms with Crippen molar-refractivity contribution in [3.05, 3.63) is 35.9 Å². The summed E-state index contributed by atoms with van der Waals surface area (Å²) in [5, 5.41) is 6.26. The van der Waals surface area contributed by atoms with E-state index in [2.05, 4.69) is 22.8 Å². The average Bonchev–Trinajstić information content (AvgIpc) is 2.46. The molecule has 0 aliphatic carbocycles. The van der Waals surface area contributed by atoms with Gasteiger partial charge in [-0.05, 0) is 31.4 Å². The van der Waals surface area contributed by atoms with E-state index in [0.717, 1.165) is 32.4 Å². The van der Waals surface area contributed by atoms with Gasteiger partial charge in [0.15, 0.2) is 0 Å². The van der Waals surface area contributed by atoms with Gasteiger partial charge in [0, 0.05) is 12.6 Å². The molecule has 1 aliphatic rings. The molecule has 20 heavy (non-hydrogen) atoms. The quantitative estimate of drug-likeness (QED) is 0.783. The molecule has 1 heterocycles. The van der Waals surface area contributed by atoms with Gasteiger partial charge in [-0.3, -0.25) is 4.79 Å². The van der Waals surface area contributed by atoms with E-state index in [1.54, 1.807) is 0 Å². The van der Waals surface area contributed by atoms with Crippen molar-refractivity contribution in [3.63, 3.8) is 0 Å². The number of nitrogens with one attached hydrogen (secondary N) is 2. The molecule has 0 unspecified atom stereocenters. The number of benzene rings is 1. The number of carbonyl (C=O) groups excluding carboxylic acids is 1. The summed E-state index contributed by atoms with van der Waals surface area (Å²) >= 11 is 0. The highest BCUT2D eigenvalue weighted by molar-refractivity contribution is 5.85. The predicted molar refractivity (Wildman–Crippen MR) is 82.2 cm³/mol. The summed E-state index contributed by atoms with van der Waals surface area (Å²) in [6.07, 6.45) is 3.03. The Morgan fingerprint density at radius 1 is 1.35 bits per heavy atom. The lowest BCUT2D eigenvalue weighted by molar-refractivity contribution is -0.126. The molecule has 0 radical (unpaired) electrons. The standard InChI is InChI=1S/C15H22N2O2.ClH/c18-15(17-14-7-4-9-16-11-14)12-19-10-8-13-5-2-1-3-6-13;/h1-3,5-6,14,16H,4,7-12H2,(H,17,18);1H/t14-;/m0./s1. The molecule has 4 nitrogen and oxygen atoms in total. The van der Waals surface area contributed by atoms with Crippen LogP contribution in [0.25, 0.3) is 0 Å². The van der Waals surface area contributed by atoms with Crippen molar-refractivity contribution in [2.75, 3.05) is 26.3 Å². The van der Waals surface area contributed by atoms with E-state index >= 15 is 0 Å². The number of hydrogen-bond donors (Lipinski definition) is 2. The molecule has 0 aromatic heterocycles. The van der Waals surface area contributed by atoms with Gasteiger partial charge in [0.25, 0.3) is 0 Å². The Labute approximate surface area is 126 Å². The fraction of sp³-hybridized carbons (Fsp3) is 0.533. The number of hydrogen-bond acceptors (Lipinski definition) is 3. The van der Waals surface area contributed by atoms with Crippen LogP contribution in [0.3, 0.4) is 0 Å². The molecular weight excluding hydrogens is 276 g/mol. The Kier molecular flexibility index (Phi) is 8.26. The topological polar surface area (TPSA) is 50.4 Å². The van der Waals surface area contributed by atoms with Crippen LogP contribution in [0, 0.1) is 0 Å². The lowest BCUT2D eigenvalue weighted by atomic mass is 10.1. The van der Waals surface area contributed by atoms with Crippen LogP contribution in [-0.4, -0.2) is 38.3 Å². The molecular formula is C15H23ClN2O2. The third-order valence-electron chi connectivity index (χ3n) is 3.27. The van der Waals surface area contributed by atoms with E-state index in [1.807, 2.05) is 18.2 Å². The molecule has 1 fully saturated rings. The van der Waals surface area contributed by atoms with E-state index in [0.29, 0.717) is 6.61 Å². The van der Waals surface area contributed by atoms with Crippen LogP contribution in [0.5, 0.6) is 0 Å². The summed E-state index contributed by atoms with van der Waals surface area (Å²) in [6, 6.07) is 10.4. The van der Waals surface area contributed by atoms with Gasteiger partial charge in [0.1, 0.15) is 6.61 Å². The summed E-state index contributed by atoms with van der Waals surface area (Å²) in [7, 11) is 0. The zero-order chi connectivity index (χ0) is 13.3. The molecule has 2 rings (SSSR count). The summed E-state index contributed by atoms with van der Waals surface area (Å²) in [6.45, 7) is 2.67. The fourth-order valence-electron chi connectivity index (χ4n) is 2.24. The highest BCUT2D eigenvalue weighted by Gasteiger charge is 2.14. The normalized spacial score (nSPS) is 18.1. The van der Waals surface area contributed by atoms with Crippen LogP contribution in [0.1, 0.15) is 18.4 Å². The van der Waals surface area contributed by atoms with Gasteiger partial charge in [-0.25, -0.2) is 0 Å². The smallest absolute Gasteiger partial charge is 0.246 e.